The summed E-state index contributed by atoms with van der Waals surface area (Å²) in [7, 11) is 0. The fourth-order valence-corrected chi connectivity index (χ4v) is 8.37. The van der Waals surface area contributed by atoms with Crippen LogP contribution < -0.4 is 4.90 Å². The van der Waals surface area contributed by atoms with Gasteiger partial charge in [0.15, 0.2) is 0 Å². The Hall–Kier alpha value is -5.77. The molecule has 1 aromatic heterocycles. The molecule has 0 fully saturated rings. The molecule has 2 nitrogen and oxygen atoms in total. The molecular formula is C44H28N2S. The zero-order chi connectivity index (χ0) is 30.9. The molecule has 1 aliphatic heterocycles. The van der Waals surface area contributed by atoms with Gasteiger partial charge in [-0.3, -0.25) is 0 Å². The third-order valence-electron chi connectivity index (χ3n) is 9.52. The fraction of sp³-hybridized carbons (Fsp3) is 0. The van der Waals surface area contributed by atoms with Crippen molar-refractivity contribution in [2.45, 2.75) is 9.79 Å². The van der Waals surface area contributed by atoms with E-state index in [1.54, 1.807) is 0 Å². The molecule has 0 saturated heterocycles. The lowest BCUT2D eigenvalue weighted by molar-refractivity contribution is 1.17. The van der Waals surface area contributed by atoms with E-state index in [1.165, 1.54) is 87.0 Å². The van der Waals surface area contributed by atoms with Gasteiger partial charge >= 0.3 is 0 Å². The van der Waals surface area contributed by atoms with Crippen molar-refractivity contribution in [3.8, 4) is 16.8 Å². The van der Waals surface area contributed by atoms with Crippen LogP contribution in [0.2, 0.25) is 0 Å². The largest absolute Gasteiger partial charge is 0.309 e. The summed E-state index contributed by atoms with van der Waals surface area (Å²) in [6, 6.07) is 62.1. The van der Waals surface area contributed by atoms with Crippen LogP contribution in [-0.4, -0.2) is 4.57 Å². The van der Waals surface area contributed by atoms with Gasteiger partial charge in [0.05, 0.1) is 22.4 Å². The molecule has 0 unspecified atom stereocenters. The summed E-state index contributed by atoms with van der Waals surface area (Å²) >= 11 is 1.86. The maximum atomic E-state index is 2.41. The van der Waals surface area contributed by atoms with E-state index in [1.807, 2.05) is 11.8 Å². The van der Waals surface area contributed by atoms with Crippen molar-refractivity contribution in [3.63, 3.8) is 0 Å². The van der Waals surface area contributed by atoms with Gasteiger partial charge in [-0.2, -0.15) is 0 Å². The van der Waals surface area contributed by atoms with Gasteiger partial charge in [-0.25, -0.2) is 0 Å². The molecule has 1 aliphatic rings. The summed E-state index contributed by atoms with van der Waals surface area (Å²) in [5, 5.41) is 7.53. The van der Waals surface area contributed by atoms with E-state index in [0.29, 0.717) is 0 Å². The number of aromatic nitrogens is 1. The Bertz CT molecular complexity index is 2680. The molecule has 3 heteroatoms. The molecule has 8 aromatic carbocycles. The third kappa shape index (κ3) is 4.21. The molecule has 0 atom stereocenters. The average Bonchev–Trinajstić information content (AvgIpc) is 3.47. The zero-order valence-electron chi connectivity index (χ0n) is 25.5. The standard InChI is InChI=1S/C44H28N2S/c1-3-11-31-25-35(21-17-29(31)9-1)45-39-14-6-5-13-37(39)38-27-33(19-23-40(38)45)34-20-24-42-44(28-34)47-43-16-8-7-15-41(43)46(42)36-22-18-30-10-2-4-12-32(30)26-36/h1-28H. The first-order chi connectivity index (χ1) is 23.3. The highest BCUT2D eigenvalue weighted by atomic mass is 32.2. The molecule has 0 bridgehead atoms. The van der Waals surface area contributed by atoms with Crippen LogP contribution in [0.1, 0.15) is 0 Å². The second-order valence-corrected chi connectivity index (χ2v) is 13.3. The highest BCUT2D eigenvalue weighted by Gasteiger charge is 2.25. The van der Waals surface area contributed by atoms with Gasteiger partial charge in [-0.1, -0.05) is 115 Å². The van der Waals surface area contributed by atoms with Crippen molar-refractivity contribution < 1.29 is 0 Å². The smallest absolute Gasteiger partial charge is 0.0602 e. The van der Waals surface area contributed by atoms with Crippen molar-refractivity contribution in [1.29, 1.82) is 0 Å². The quantitative estimate of drug-likeness (QED) is 0.195. The van der Waals surface area contributed by atoms with Crippen LogP contribution in [0.15, 0.2) is 180 Å². The second kappa shape index (κ2) is 10.4. The Labute approximate surface area is 277 Å². The lowest BCUT2D eigenvalue weighted by Gasteiger charge is -2.33. The number of nitrogens with zero attached hydrogens (tertiary/aromatic N) is 2. The van der Waals surface area contributed by atoms with E-state index in [0.717, 1.165) is 0 Å². The Morgan fingerprint density at radius 1 is 0.362 bits per heavy atom. The van der Waals surface area contributed by atoms with E-state index in [2.05, 4.69) is 179 Å². The van der Waals surface area contributed by atoms with Crippen LogP contribution in [0, 0.1) is 0 Å². The van der Waals surface area contributed by atoms with Crippen molar-refractivity contribution >= 4 is 72.2 Å². The number of rotatable bonds is 3. The summed E-state index contributed by atoms with van der Waals surface area (Å²) in [5.41, 5.74) is 9.66. The van der Waals surface area contributed by atoms with Gasteiger partial charge in [0.1, 0.15) is 0 Å². The predicted molar refractivity (Wildman–Crippen MR) is 200 cm³/mol. The van der Waals surface area contributed by atoms with Gasteiger partial charge < -0.3 is 9.47 Å². The third-order valence-corrected chi connectivity index (χ3v) is 10.6. The van der Waals surface area contributed by atoms with Crippen molar-refractivity contribution in [2.75, 3.05) is 4.90 Å². The predicted octanol–water partition coefficient (Wildman–Crippen LogP) is 12.7. The Balaban J connectivity index is 1.11. The van der Waals surface area contributed by atoms with E-state index in [9.17, 15) is 0 Å². The molecule has 0 amide bonds. The van der Waals surface area contributed by atoms with E-state index in [4.69, 9.17) is 0 Å². The van der Waals surface area contributed by atoms with Crippen LogP contribution in [0.3, 0.4) is 0 Å². The summed E-state index contributed by atoms with van der Waals surface area (Å²) in [4.78, 5) is 4.94. The molecule has 0 spiro atoms. The topological polar surface area (TPSA) is 8.17 Å². The lowest BCUT2D eigenvalue weighted by Crippen LogP contribution is -2.14. The number of anilines is 3. The summed E-state index contributed by atoms with van der Waals surface area (Å²) in [5.74, 6) is 0. The molecule has 0 saturated carbocycles. The fourth-order valence-electron chi connectivity index (χ4n) is 7.28. The Morgan fingerprint density at radius 2 is 0.957 bits per heavy atom. The second-order valence-electron chi connectivity index (χ2n) is 12.2. The first-order valence-electron chi connectivity index (χ1n) is 16.0. The number of fused-ring (bicyclic) bond motifs is 7. The highest BCUT2D eigenvalue weighted by Crippen LogP contribution is 2.52. The van der Waals surface area contributed by atoms with Gasteiger partial charge in [-0.15, -0.1) is 0 Å². The van der Waals surface area contributed by atoms with Crippen LogP contribution in [-0.2, 0) is 0 Å². The molecule has 0 N–H and O–H groups in total. The van der Waals surface area contributed by atoms with Crippen molar-refractivity contribution in [2.24, 2.45) is 0 Å². The Morgan fingerprint density at radius 3 is 1.79 bits per heavy atom. The molecule has 0 aliphatic carbocycles. The minimum Gasteiger partial charge on any atom is -0.309 e. The molecule has 47 heavy (non-hydrogen) atoms. The summed E-state index contributed by atoms with van der Waals surface area (Å²) < 4.78 is 2.40. The van der Waals surface area contributed by atoms with Gasteiger partial charge in [0.25, 0.3) is 0 Å². The van der Waals surface area contributed by atoms with Crippen LogP contribution in [0.5, 0.6) is 0 Å². The maximum absolute atomic E-state index is 2.41. The maximum Gasteiger partial charge on any atom is 0.0602 e. The highest BCUT2D eigenvalue weighted by molar-refractivity contribution is 7.99. The van der Waals surface area contributed by atoms with Crippen molar-refractivity contribution in [3.05, 3.63) is 170 Å². The van der Waals surface area contributed by atoms with E-state index in [-0.39, 0.29) is 0 Å². The minimum absolute atomic E-state index is 1.17. The summed E-state index contributed by atoms with van der Waals surface area (Å²) in [6.45, 7) is 0. The average molecular weight is 617 g/mol. The number of para-hydroxylation sites is 2. The SMILES string of the molecule is c1ccc2c(c1)Sc1cc(-c3ccc4c(c3)c3ccccc3n4-c3ccc4ccccc4c3)ccc1N2c1ccc2ccccc2c1. The molecular weight excluding hydrogens is 589 g/mol. The first kappa shape index (κ1) is 26.4. The van der Waals surface area contributed by atoms with Gasteiger partial charge in [0, 0.05) is 31.9 Å². The molecule has 2 heterocycles. The monoisotopic (exact) mass is 616 g/mol. The van der Waals surface area contributed by atoms with Crippen LogP contribution in [0.4, 0.5) is 17.1 Å². The molecule has 0 radical (unpaired) electrons. The van der Waals surface area contributed by atoms with Crippen molar-refractivity contribution in [1.82, 2.24) is 4.57 Å². The van der Waals surface area contributed by atoms with Crippen LogP contribution >= 0.6 is 11.8 Å². The lowest BCUT2D eigenvalue weighted by atomic mass is 10.0. The molecule has 220 valence electrons. The molecule has 9 aromatic rings. The normalized spacial score (nSPS) is 12.6. The Kier molecular flexibility index (Phi) is 5.84. The van der Waals surface area contributed by atoms with E-state index >= 15 is 0 Å². The van der Waals surface area contributed by atoms with Gasteiger partial charge in [0.2, 0.25) is 0 Å². The van der Waals surface area contributed by atoms with Gasteiger partial charge in [-0.05, 0) is 99.4 Å². The van der Waals surface area contributed by atoms with E-state index < -0.39 is 0 Å². The van der Waals surface area contributed by atoms with Crippen LogP contribution in [0.25, 0.3) is 60.2 Å². The zero-order valence-corrected chi connectivity index (χ0v) is 26.3. The first-order valence-corrected chi connectivity index (χ1v) is 16.8. The molecule has 10 rings (SSSR count). The number of benzene rings is 8. The summed E-state index contributed by atoms with van der Waals surface area (Å²) in [6.07, 6.45) is 0. The minimum atomic E-state index is 1.17. The number of hydrogen-bond acceptors (Lipinski definition) is 2. The number of hydrogen-bond donors (Lipinski definition) is 0.